The summed E-state index contributed by atoms with van der Waals surface area (Å²) in [5.41, 5.74) is 0. The zero-order valence-electron chi connectivity index (χ0n) is 11.3. The minimum atomic E-state index is -0.753. The molecule has 1 aromatic heterocycles. The fourth-order valence-corrected chi connectivity index (χ4v) is 3.71. The van der Waals surface area contributed by atoms with E-state index in [0.717, 1.165) is 19.3 Å². The van der Waals surface area contributed by atoms with Crippen LogP contribution < -0.4 is 0 Å². The molecule has 1 amide bonds. The minimum Gasteiger partial charge on any atom is -0.481 e. The summed E-state index contributed by atoms with van der Waals surface area (Å²) in [6.07, 6.45) is 4.06. The van der Waals surface area contributed by atoms with Crippen LogP contribution in [0.25, 0.3) is 0 Å². The lowest BCUT2D eigenvalue weighted by Gasteiger charge is -2.25. The molecule has 4 nitrogen and oxygen atoms in total. The van der Waals surface area contributed by atoms with Crippen LogP contribution >= 0.6 is 11.3 Å². The van der Waals surface area contributed by atoms with Crippen LogP contribution in [-0.4, -0.2) is 27.9 Å². The van der Waals surface area contributed by atoms with E-state index < -0.39 is 5.97 Å². The molecule has 0 radical (unpaired) electrons. The van der Waals surface area contributed by atoms with Gasteiger partial charge in [0.25, 0.3) is 0 Å². The first-order valence-corrected chi connectivity index (χ1v) is 8.09. The lowest BCUT2D eigenvalue weighted by molar-refractivity contribution is -0.141. The molecule has 0 bridgehead atoms. The molecular formula is C15H19NO3S. The zero-order valence-corrected chi connectivity index (χ0v) is 12.1. The molecule has 20 heavy (non-hydrogen) atoms. The number of nitrogens with zero attached hydrogens (tertiary/aromatic N) is 1. The van der Waals surface area contributed by atoms with Crippen molar-refractivity contribution in [1.82, 2.24) is 4.90 Å². The number of carbonyl (C=O) groups is 2. The first-order chi connectivity index (χ1) is 9.65. The van der Waals surface area contributed by atoms with Crippen molar-refractivity contribution in [1.29, 1.82) is 0 Å². The molecule has 2 aliphatic carbocycles. The Morgan fingerprint density at radius 1 is 1.25 bits per heavy atom. The third-order valence-corrected chi connectivity index (χ3v) is 5.17. The molecule has 0 aliphatic heterocycles. The summed E-state index contributed by atoms with van der Waals surface area (Å²) in [4.78, 5) is 26.9. The van der Waals surface area contributed by atoms with Gasteiger partial charge in [-0.25, -0.2) is 0 Å². The number of carboxylic acid groups (broad SMARTS) is 1. The van der Waals surface area contributed by atoms with Crippen LogP contribution in [0.1, 0.15) is 37.0 Å². The smallest absolute Gasteiger partial charge is 0.306 e. The minimum absolute atomic E-state index is 0.0864. The monoisotopic (exact) mass is 293 g/mol. The molecular weight excluding hydrogens is 274 g/mol. The maximum absolute atomic E-state index is 12.7. The molecule has 0 saturated heterocycles. The molecule has 2 saturated carbocycles. The van der Waals surface area contributed by atoms with E-state index >= 15 is 0 Å². The van der Waals surface area contributed by atoms with Gasteiger partial charge in [0.1, 0.15) is 0 Å². The molecule has 1 heterocycles. The van der Waals surface area contributed by atoms with Crippen molar-refractivity contribution in [2.45, 2.75) is 44.7 Å². The van der Waals surface area contributed by atoms with Gasteiger partial charge in [0, 0.05) is 16.8 Å². The quantitative estimate of drug-likeness (QED) is 0.908. The largest absolute Gasteiger partial charge is 0.481 e. The Hall–Kier alpha value is -1.36. The highest BCUT2D eigenvalue weighted by Gasteiger charge is 2.40. The number of thiophene rings is 1. The normalized spacial score (nSPS) is 25.6. The lowest BCUT2D eigenvalue weighted by Crippen LogP contribution is -2.36. The number of amides is 1. The molecule has 0 aromatic carbocycles. The summed E-state index contributed by atoms with van der Waals surface area (Å²) in [6, 6.07) is 4.45. The Morgan fingerprint density at radius 3 is 2.55 bits per heavy atom. The van der Waals surface area contributed by atoms with Crippen LogP contribution in [0.4, 0.5) is 0 Å². The Morgan fingerprint density at radius 2 is 2.00 bits per heavy atom. The van der Waals surface area contributed by atoms with Crippen LogP contribution in [0.15, 0.2) is 17.5 Å². The van der Waals surface area contributed by atoms with Crippen molar-refractivity contribution in [3.8, 4) is 0 Å². The maximum atomic E-state index is 12.7. The molecule has 108 valence electrons. The topological polar surface area (TPSA) is 57.6 Å². The summed E-state index contributed by atoms with van der Waals surface area (Å²) in [5.74, 6) is -0.996. The number of rotatable bonds is 5. The van der Waals surface area contributed by atoms with Crippen LogP contribution in [-0.2, 0) is 16.1 Å². The molecule has 1 N–H and O–H groups in total. The van der Waals surface area contributed by atoms with Gasteiger partial charge in [0.2, 0.25) is 5.91 Å². The van der Waals surface area contributed by atoms with Crippen molar-refractivity contribution >= 4 is 23.2 Å². The second-order valence-electron chi connectivity index (χ2n) is 5.82. The van der Waals surface area contributed by atoms with Gasteiger partial charge in [-0.1, -0.05) is 6.07 Å². The standard InChI is InChI=1S/C15H19NO3S/c17-14(10-3-4-11(8-10)15(18)19)16(12-5-6-12)9-13-2-1-7-20-13/h1-2,7,10-12H,3-6,8-9H2,(H,18,19)/t10-,11+/m0/s1. The summed E-state index contributed by atoms with van der Waals surface area (Å²) in [7, 11) is 0. The SMILES string of the molecule is O=C(O)[C@@H]1CC[C@H](C(=O)N(Cc2cccs2)C2CC2)C1. The van der Waals surface area contributed by atoms with E-state index in [2.05, 4.69) is 6.07 Å². The Bertz CT molecular complexity index is 495. The van der Waals surface area contributed by atoms with Crippen LogP contribution in [0, 0.1) is 11.8 Å². The van der Waals surface area contributed by atoms with Crippen molar-refractivity contribution in [2.24, 2.45) is 11.8 Å². The van der Waals surface area contributed by atoms with E-state index in [1.165, 1.54) is 4.88 Å². The Labute approximate surface area is 122 Å². The number of aliphatic carboxylic acids is 1. The molecule has 0 unspecified atom stereocenters. The highest BCUT2D eigenvalue weighted by atomic mass is 32.1. The van der Waals surface area contributed by atoms with Gasteiger partial charge >= 0.3 is 5.97 Å². The van der Waals surface area contributed by atoms with E-state index in [4.69, 9.17) is 5.11 Å². The number of carboxylic acids is 1. The Kier molecular flexibility index (Phi) is 3.78. The van der Waals surface area contributed by atoms with Gasteiger partial charge in [-0.05, 0) is 43.6 Å². The van der Waals surface area contributed by atoms with Crippen molar-refractivity contribution in [3.63, 3.8) is 0 Å². The van der Waals surface area contributed by atoms with Crippen LogP contribution in [0.5, 0.6) is 0 Å². The molecule has 5 heteroatoms. The third kappa shape index (κ3) is 2.87. The summed E-state index contributed by atoms with van der Waals surface area (Å²) >= 11 is 1.67. The van der Waals surface area contributed by atoms with E-state index in [1.807, 2.05) is 16.3 Å². The first-order valence-electron chi connectivity index (χ1n) is 7.21. The molecule has 3 rings (SSSR count). The molecule has 2 aliphatic rings. The average Bonchev–Trinajstić information content (AvgIpc) is 2.95. The first kappa shape index (κ1) is 13.6. The van der Waals surface area contributed by atoms with Crippen molar-refractivity contribution in [3.05, 3.63) is 22.4 Å². The van der Waals surface area contributed by atoms with Crippen molar-refractivity contribution in [2.75, 3.05) is 0 Å². The van der Waals surface area contributed by atoms with Gasteiger partial charge in [-0.3, -0.25) is 9.59 Å². The second-order valence-corrected chi connectivity index (χ2v) is 6.85. The van der Waals surface area contributed by atoms with Gasteiger partial charge in [0.15, 0.2) is 0 Å². The number of hydrogen-bond donors (Lipinski definition) is 1. The fraction of sp³-hybridized carbons (Fsp3) is 0.600. The molecule has 1 aromatic rings. The van der Waals surface area contributed by atoms with Gasteiger partial charge < -0.3 is 10.0 Å². The summed E-state index contributed by atoms with van der Waals surface area (Å²) < 4.78 is 0. The van der Waals surface area contributed by atoms with Crippen LogP contribution in [0.3, 0.4) is 0 Å². The highest BCUT2D eigenvalue weighted by Crippen LogP contribution is 2.36. The Balaban J connectivity index is 1.65. The van der Waals surface area contributed by atoms with Gasteiger partial charge in [-0.15, -0.1) is 11.3 Å². The summed E-state index contributed by atoms with van der Waals surface area (Å²) in [6.45, 7) is 0.690. The molecule has 0 spiro atoms. The van der Waals surface area contributed by atoms with E-state index in [1.54, 1.807) is 11.3 Å². The predicted octanol–water partition coefficient (Wildman–Crippen LogP) is 2.74. The predicted molar refractivity (Wildman–Crippen MR) is 76.4 cm³/mol. The number of hydrogen-bond acceptors (Lipinski definition) is 3. The van der Waals surface area contributed by atoms with E-state index in [0.29, 0.717) is 25.4 Å². The fourth-order valence-electron chi connectivity index (χ4n) is 3.01. The van der Waals surface area contributed by atoms with Crippen molar-refractivity contribution < 1.29 is 14.7 Å². The highest BCUT2D eigenvalue weighted by molar-refractivity contribution is 7.09. The van der Waals surface area contributed by atoms with Gasteiger partial charge in [-0.2, -0.15) is 0 Å². The average molecular weight is 293 g/mol. The van der Waals surface area contributed by atoms with E-state index in [-0.39, 0.29) is 17.7 Å². The van der Waals surface area contributed by atoms with E-state index in [9.17, 15) is 9.59 Å². The summed E-state index contributed by atoms with van der Waals surface area (Å²) in [5, 5.41) is 11.1. The number of carbonyl (C=O) groups excluding carboxylic acids is 1. The van der Waals surface area contributed by atoms with Crippen LogP contribution in [0.2, 0.25) is 0 Å². The zero-order chi connectivity index (χ0) is 14.1. The third-order valence-electron chi connectivity index (χ3n) is 4.31. The maximum Gasteiger partial charge on any atom is 0.306 e. The molecule has 2 atom stereocenters. The van der Waals surface area contributed by atoms with Gasteiger partial charge in [0.05, 0.1) is 12.5 Å². The lowest BCUT2D eigenvalue weighted by atomic mass is 10.0. The second kappa shape index (κ2) is 5.56. The molecule has 2 fully saturated rings.